The van der Waals surface area contributed by atoms with Crippen LogP contribution in [0.2, 0.25) is 0 Å². The first-order chi connectivity index (χ1) is 5.18. The molecule has 0 aromatic rings. The normalized spacial score (nSPS) is 24.5. The molecule has 1 fully saturated rings. The van der Waals surface area contributed by atoms with Gasteiger partial charge >= 0.3 is 0 Å². The fraction of sp³-hybridized carbons (Fsp3) is 0.750. The van der Waals surface area contributed by atoms with E-state index in [1.165, 1.54) is 0 Å². The molecule has 62 valence electrons. The lowest BCUT2D eigenvalue weighted by atomic mass is 10.0. The van der Waals surface area contributed by atoms with Crippen LogP contribution >= 0.6 is 0 Å². The molecule has 1 atom stereocenters. The summed E-state index contributed by atoms with van der Waals surface area (Å²) in [5.41, 5.74) is 0. The average Bonchev–Trinajstić information content (AvgIpc) is 1.85. The van der Waals surface area contributed by atoms with Gasteiger partial charge in [-0.05, 0) is 19.8 Å². The molecule has 0 radical (unpaired) electrons. The van der Waals surface area contributed by atoms with E-state index in [1.807, 2.05) is 0 Å². The van der Waals surface area contributed by atoms with Crippen LogP contribution in [0.3, 0.4) is 0 Å². The first-order valence-electron chi connectivity index (χ1n) is 3.97. The second-order valence-corrected chi connectivity index (χ2v) is 3.06. The number of ketones is 1. The van der Waals surface area contributed by atoms with Crippen LogP contribution in [-0.2, 0) is 9.59 Å². The van der Waals surface area contributed by atoms with Crippen LogP contribution < -0.4 is 5.32 Å². The molecule has 0 bridgehead atoms. The first kappa shape index (κ1) is 8.24. The summed E-state index contributed by atoms with van der Waals surface area (Å²) in [5, 5.41) is 2.79. The summed E-state index contributed by atoms with van der Waals surface area (Å²) in [4.78, 5) is 21.5. The van der Waals surface area contributed by atoms with E-state index in [0.29, 0.717) is 12.8 Å². The van der Waals surface area contributed by atoms with Crippen molar-refractivity contribution in [3.63, 3.8) is 0 Å². The Balaban J connectivity index is 2.34. The number of piperidine rings is 1. The lowest BCUT2D eigenvalue weighted by molar-refractivity contribution is -0.124. The summed E-state index contributed by atoms with van der Waals surface area (Å²) in [6, 6.07) is 0.105. The maximum Gasteiger partial charge on any atom is 0.220 e. The zero-order valence-electron chi connectivity index (χ0n) is 6.72. The second-order valence-electron chi connectivity index (χ2n) is 3.06. The number of carbonyl (C=O) groups excluding carboxylic acids is 2. The minimum Gasteiger partial charge on any atom is -0.353 e. The molecule has 0 spiro atoms. The summed E-state index contributed by atoms with van der Waals surface area (Å²) >= 11 is 0. The van der Waals surface area contributed by atoms with Crippen molar-refractivity contribution < 1.29 is 9.59 Å². The minimum absolute atomic E-state index is 0.0856. The summed E-state index contributed by atoms with van der Waals surface area (Å²) in [7, 11) is 0. The molecule has 3 nitrogen and oxygen atoms in total. The number of Topliss-reactive ketones (excluding diaryl/α,β-unsaturated/α-hetero) is 1. The fourth-order valence-electron chi connectivity index (χ4n) is 1.38. The number of amides is 1. The third-order valence-electron chi connectivity index (χ3n) is 1.86. The van der Waals surface area contributed by atoms with E-state index in [0.717, 1.165) is 12.8 Å². The third kappa shape index (κ3) is 2.70. The maximum atomic E-state index is 10.8. The van der Waals surface area contributed by atoms with Crippen LogP contribution in [0.4, 0.5) is 0 Å². The Morgan fingerprint density at radius 1 is 1.73 bits per heavy atom. The van der Waals surface area contributed by atoms with Gasteiger partial charge in [-0.15, -0.1) is 0 Å². The maximum absolute atomic E-state index is 10.8. The predicted octanol–water partition coefficient (Wildman–Crippen LogP) is 0.634. The van der Waals surface area contributed by atoms with Crippen molar-refractivity contribution in [2.45, 2.75) is 38.6 Å². The third-order valence-corrected chi connectivity index (χ3v) is 1.86. The summed E-state index contributed by atoms with van der Waals surface area (Å²) in [5.74, 6) is 0.236. The van der Waals surface area contributed by atoms with Gasteiger partial charge < -0.3 is 5.32 Å². The second kappa shape index (κ2) is 3.51. The van der Waals surface area contributed by atoms with Gasteiger partial charge in [-0.3, -0.25) is 9.59 Å². The van der Waals surface area contributed by atoms with E-state index in [4.69, 9.17) is 0 Å². The van der Waals surface area contributed by atoms with Gasteiger partial charge in [0.15, 0.2) is 0 Å². The van der Waals surface area contributed by atoms with Crippen molar-refractivity contribution >= 4 is 11.7 Å². The van der Waals surface area contributed by atoms with E-state index in [1.54, 1.807) is 6.92 Å². The number of nitrogens with one attached hydrogen (secondary N) is 1. The molecule has 0 aliphatic carbocycles. The highest BCUT2D eigenvalue weighted by molar-refractivity contribution is 5.80. The van der Waals surface area contributed by atoms with Gasteiger partial charge in [0.2, 0.25) is 5.91 Å². The fourth-order valence-corrected chi connectivity index (χ4v) is 1.38. The highest BCUT2D eigenvalue weighted by atomic mass is 16.2. The van der Waals surface area contributed by atoms with Gasteiger partial charge in [-0.2, -0.15) is 0 Å². The van der Waals surface area contributed by atoms with Crippen LogP contribution in [0, 0.1) is 0 Å². The smallest absolute Gasteiger partial charge is 0.220 e. The quantitative estimate of drug-likeness (QED) is 0.636. The standard InChI is InChI=1S/C8H13NO2/c1-6(10)5-7-3-2-4-8(11)9-7/h7H,2-5H2,1H3,(H,9,11)/t7-/m1/s1. The lowest BCUT2D eigenvalue weighted by Gasteiger charge is -2.21. The van der Waals surface area contributed by atoms with Gasteiger partial charge in [0.05, 0.1) is 0 Å². The molecule has 0 aromatic carbocycles. The Hall–Kier alpha value is -0.860. The molecule has 1 aliphatic heterocycles. The van der Waals surface area contributed by atoms with E-state index in [9.17, 15) is 9.59 Å². The van der Waals surface area contributed by atoms with Gasteiger partial charge in [-0.25, -0.2) is 0 Å². The van der Waals surface area contributed by atoms with E-state index < -0.39 is 0 Å². The van der Waals surface area contributed by atoms with Crippen molar-refractivity contribution in [1.82, 2.24) is 5.32 Å². The monoisotopic (exact) mass is 155 g/mol. The van der Waals surface area contributed by atoms with Crippen LogP contribution in [-0.4, -0.2) is 17.7 Å². The molecule has 0 unspecified atom stereocenters. The summed E-state index contributed by atoms with van der Waals surface area (Å²) in [6.45, 7) is 1.56. The molecule has 1 aliphatic rings. The lowest BCUT2D eigenvalue weighted by Crippen LogP contribution is -2.39. The van der Waals surface area contributed by atoms with Crippen molar-refractivity contribution in [2.24, 2.45) is 0 Å². The Labute approximate surface area is 66.2 Å². The summed E-state index contributed by atoms with van der Waals surface area (Å²) < 4.78 is 0. The van der Waals surface area contributed by atoms with Crippen LogP contribution in [0.15, 0.2) is 0 Å². The predicted molar refractivity (Wildman–Crippen MR) is 41.1 cm³/mol. The number of carbonyl (C=O) groups is 2. The molecular formula is C8H13NO2. The summed E-state index contributed by atoms with van der Waals surface area (Å²) in [6.07, 6.45) is 2.98. The van der Waals surface area contributed by atoms with Crippen LogP contribution in [0.25, 0.3) is 0 Å². The van der Waals surface area contributed by atoms with Gasteiger partial charge in [0.25, 0.3) is 0 Å². The van der Waals surface area contributed by atoms with Crippen LogP contribution in [0.5, 0.6) is 0 Å². The molecular weight excluding hydrogens is 142 g/mol. The van der Waals surface area contributed by atoms with Crippen molar-refractivity contribution in [2.75, 3.05) is 0 Å². The Bertz CT molecular complexity index is 175. The van der Waals surface area contributed by atoms with Gasteiger partial charge in [0, 0.05) is 18.9 Å². The Morgan fingerprint density at radius 3 is 3.00 bits per heavy atom. The first-order valence-corrected chi connectivity index (χ1v) is 3.97. The van der Waals surface area contributed by atoms with Crippen molar-refractivity contribution in [3.05, 3.63) is 0 Å². The minimum atomic E-state index is 0.0856. The van der Waals surface area contributed by atoms with E-state index in [-0.39, 0.29) is 17.7 Å². The topological polar surface area (TPSA) is 46.2 Å². The average molecular weight is 155 g/mol. The van der Waals surface area contributed by atoms with Crippen LogP contribution in [0.1, 0.15) is 32.6 Å². The van der Waals surface area contributed by atoms with Crippen molar-refractivity contribution in [1.29, 1.82) is 0 Å². The molecule has 11 heavy (non-hydrogen) atoms. The molecule has 1 saturated heterocycles. The number of hydrogen-bond donors (Lipinski definition) is 1. The highest BCUT2D eigenvalue weighted by Crippen LogP contribution is 2.10. The number of hydrogen-bond acceptors (Lipinski definition) is 2. The SMILES string of the molecule is CC(=O)C[C@H]1CCCC(=O)N1. The van der Waals surface area contributed by atoms with E-state index in [2.05, 4.69) is 5.32 Å². The molecule has 0 saturated carbocycles. The molecule has 3 heteroatoms. The molecule has 1 amide bonds. The zero-order valence-corrected chi connectivity index (χ0v) is 6.72. The molecule has 1 rings (SSSR count). The largest absolute Gasteiger partial charge is 0.353 e. The molecule has 0 aromatic heterocycles. The number of rotatable bonds is 2. The highest BCUT2D eigenvalue weighted by Gasteiger charge is 2.18. The van der Waals surface area contributed by atoms with E-state index >= 15 is 0 Å². The zero-order chi connectivity index (χ0) is 8.27. The molecule has 1 heterocycles. The van der Waals surface area contributed by atoms with Gasteiger partial charge in [-0.1, -0.05) is 0 Å². The Kier molecular flexibility index (Phi) is 2.63. The molecule has 1 N–H and O–H groups in total. The van der Waals surface area contributed by atoms with Crippen molar-refractivity contribution in [3.8, 4) is 0 Å². The Morgan fingerprint density at radius 2 is 2.45 bits per heavy atom. The van der Waals surface area contributed by atoms with Gasteiger partial charge in [0.1, 0.15) is 5.78 Å².